The molecule has 1 aromatic rings. The van der Waals surface area contributed by atoms with E-state index in [-0.39, 0.29) is 6.10 Å². The Morgan fingerprint density at radius 2 is 1.72 bits per heavy atom. The maximum absolute atomic E-state index is 11.8. The minimum absolute atomic E-state index is 0.230. The number of rotatable bonds is 5. The van der Waals surface area contributed by atoms with Crippen LogP contribution in [0.5, 0.6) is 0 Å². The molecule has 18 heavy (non-hydrogen) atoms. The van der Waals surface area contributed by atoms with E-state index in [4.69, 9.17) is 9.47 Å². The normalized spacial score (nSPS) is 12.0. The Bertz CT molecular complexity index is 398. The summed E-state index contributed by atoms with van der Waals surface area (Å²) in [4.78, 5) is 22.8. The first-order valence-electron chi connectivity index (χ1n) is 5.90. The molecule has 0 aliphatic heterocycles. The van der Waals surface area contributed by atoms with Crippen LogP contribution in [0.3, 0.4) is 0 Å². The molecule has 0 aliphatic rings. The second-order valence-corrected chi connectivity index (χ2v) is 4.27. The monoisotopic (exact) mass is 250 g/mol. The highest BCUT2D eigenvalue weighted by Gasteiger charge is 2.24. The van der Waals surface area contributed by atoms with Crippen molar-refractivity contribution in [2.75, 3.05) is 0 Å². The lowest BCUT2D eigenvalue weighted by molar-refractivity contribution is -0.169. The van der Waals surface area contributed by atoms with Gasteiger partial charge in [-0.05, 0) is 19.4 Å². The molecule has 0 heterocycles. The molecule has 1 rings (SSSR count). The van der Waals surface area contributed by atoms with Crippen molar-refractivity contribution < 1.29 is 19.1 Å². The van der Waals surface area contributed by atoms with Crippen LogP contribution >= 0.6 is 0 Å². The van der Waals surface area contributed by atoms with E-state index in [1.165, 1.54) is 6.92 Å². The van der Waals surface area contributed by atoms with E-state index in [0.29, 0.717) is 6.42 Å². The molecule has 0 radical (unpaired) electrons. The third kappa shape index (κ3) is 4.99. The van der Waals surface area contributed by atoms with Crippen LogP contribution in [0.15, 0.2) is 30.3 Å². The maximum atomic E-state index is 11.8. The van der Waals surface area contributed by atoms with Crippen LogP contribution in [0.1, 0.15) is 26.3 Å². The van der Waals surface area contributed by atoms with Crippen LogP contribution in [0, 0.1) is 0 Å². The summed E-state index contributed by atoms with van der Waals surface area (Å²) in [7, 11) is 0. The Kier molecular flexibility index (Phi) is 5.36. The van der Waals surface area contributed by atoms with Gasteiger partial charge in [-0.1, -0.05) is 30.3 Å². The fourth-order valence-electron chi connectivity index (χ4n) is 1.51. The average Bonchev–Trinajstić information content (AvgIpc) is 2.28. The molecular formula is C14H18O4. The van der Waals surface area contributed by atoms with Gasteiger partial charge in [0, 0.05) is 13.3 Å². The van der Waals surface area contributed by atoms with Gasteiger partial charge >= 0.3 is 11.9 Å². The van der Waals surface area contributed by atoms with Crippen molar-refractivity contribution in [1.82, 2.24) is 0 Å². The van der Waals surface area contributed by atoms with Gasteiger partial charge in [-0.2, -0.15) is 0 Å². The van der Waals surface area contributed by atoms with Crippen molar-refractivity contribution in [3.63, 3.8) is 0 Å². The Balaban J connectivity index is 2.72. The lowest BCUT2D eigenvalue weighted by Gasteiger charge is -2.17. The predicted octanol–water partition coefficient (Wildman–Crippen LogP) is 2.11. The van der Waals surface area contributed by atoms with Crippen LogP contribution in [-0.2, 0) is 25.5 Å². The lowest BCUT2D eigenvalue weighted by atomic mass is 10.1. The smallest absolute Gasteiger partial charge is 0.348 e. The summed E-state index contributed by atoms with van der Waals surface area (Å²) in [5.74, 6) is -0.999. The molecule has 1 atom stereocenters. The van der Waals surface area contributed by atoms with E-state index in [2.05, 4.69) is 0 Å². The third-order valence-corrected chi connectivity index (χ3v) is 2.19. The fourth-order valence-corrected chi connectivity index (χ4v) is 1.51. The first-order chi connectivity index (χ1) is 8.49. The number of esters is 2. The molecule has 98 valence electrons. The highest BCUT2D eigenvalue weighted by molar-refractivity contribution is 5.79. The van der Waals surface area contributed by atoms with Crippen LogP contribution in [-0.4, -0.2) is 24.1 Å². The van der Waals surface area contributed by atoms with Gasteiger partial charge in [0.15, 0.2) is 0 Å². The SMILES string of the molecule is CC(=O)O[C@@H](Cc1ccccc1)C(=O)OC(C)C. The van der Waals surface area contributed by atoms with Crippen LogP contribution in [0.2, 0.25) is 0 Å². The molecule has 0 fully saturated rings. The molecule has 0 aromatic heterocycles. The van der Waals surface area contributed by atoms with Gasteiger partial charge in [0.2, 0.25) is 6.10 Å². The summed E-state index contributed by atoms with van der Waals surface area (Å²) in [6, 6.07) is 9.37. The van der Waals surface area contributed by atoms with E-state index in [0.717, 1.165) is 5.56 Å². The van der Waals surface area contributed by atoms with Crippen molar-refractivity contribution in [3.05, 3.63) is 35.9 Å². The zero-order chi connectivity index (χ0) is 13.5. The summed E-state index contributed by atoms with van der Waals surface area (Å²) < 4.78 is 10.1. The van der Waals surface area contributed by atoms with Crippen molar-refractivity contribution in [3.8, 4) is 0 Å². The van der Waals surface area contributed by atoms with Crippen molar-refractivity contribution in [2.24, 2.45) is 0 Å². The summed E-state index contributed by atoms with van der Waals surface area (Å²) in [5.41, 5.74) is 0.921. The predicted molar refractivity (Wildman–Crippen MR) is 66.9 cm³/mol. The number of ether oxygens (including phenoxy) is 2. The Hall–Kier alpha value is -1.84. The molecule has 1 aromatic carbocycles. The molecule has 0 saturated carbocycles. The molecular weight excluding hydrogens is 232 g/mol. The largest absolute Gasteiger partial charge is 0.460 e. The van der Waals surface area contributed by atoms with Crippen molar-refractivity contribution in [1.29, 1.82) is 0 Å². The summed E-state index contributed by atoms with van der Waals surface area (Å²) in [6.07, 6.45) is -0.787. The number of hydrogen-bond donors (Lipinski definition) is 0. The second-order valence-electron chi connectivity index (χ2n) is 4.27. The quantitative estimate of drug-likeness (QED) is 0.751. The lowest BCUT2D eigenvalue weighted by Crippen LogP contribution is -2.32. The Morgan fingerprint density at radius 1 is 1.11 bits per heavy atom. The Morgan fingerprint density at radius 3 is 2.22 bits per heavy atom. The van der Waals surface area contributed by atoms with Gasteiger partial charge in [-0.25, -0.2) is 4.79 Å². The van der Waals surface area contributed by atoms with Crippen molar-refractivity contribution >= 4 is 11.9 Å². The first-order valence-corrected chi connectivity index (χ1v) is 5.90. The topological polar surface area (TPSA) is 52.6 Å². The van der Waals surface area contributed by atoms with E-state index in [9.17, 15) is 9.59 Å². The number of carbonyl (C=O) groups excluding carboxylic acids is 2. The minimum atomic E-state index is -0.882. The molecule has 0 bridgehead atoms. The van der Waals surface area contributed by atoms with Gasteiger partial charge < -0.3 is 9.47 Å². The molecule has 0 unspecified atom stereocenters. The average molecular weight is 250 g/mol. The van der Waals surface area contributed by atoms with Crippen LogP contribution in [0.25, 0.3) is 0 Å². The van der Waals surface area contributed by atoms with E-state index >= 15 is 0 Å². The summed E-state index contributed by atoms with van der Waals surface area (Å²) in [5, 5.41) is 0. The summed E-state index contributed by atoms with van der Waals surface area (Å²) >= 11 is 0. The molecule has 0 amide bonds. The van der Waals surface area contributed by atoms with Crippen LogP contribution < -0.4 is 0 Å². The van der Waals surface area contributed by atoms with Gasteiger partial charge in [0.05, 0.1) is 6.10 Å². The number of carbonyl (C=O) groups is 2. The summed E-state index contributed by atoms with van der Waals surface area (Å²) in [6.45, 7) is 4.79. The second kappa shape index (κ2) is 6.79. The van der Waals surface area contributed by atoms with Gasteiger partial charge in [-0.15, -0.1) is 0 Å². The molecule has 0 spiro atoms. The molecule has 0 N–H and O–H groups in total. The highest BCUT2D eigenvalue weighted by Crippen LogP contribution is 2.09. The highest BCUT2D eigenvalue weighted by atomic mass is 16.6. The number of benzene rings is 1. The van der Waals surface area contributed by atoms with Gasteiger partial charge in [0.1, 0.15) is 0 Å². The van der Waals surface area contributed by atoms with E-state index in [1.54, 1.807) is 13.8 Å². The van der Waals surface area contributed by atoms with Gasteiger partial charge in [-0.3, -0.25) is 4.79 Å². The number of hydrogen-bond acceptors (Lipinski definition) is 4. The zero-order valence-electron chi connectivity index (χ0n) is 10.9. The molecule has 0 aliphatic carbocycles. The van der Waals surface area contributed by atoms with Crippen molar-refractivity contribution in [2.45, 2.75) is 39.4 Å². The first kappa shape index (κ1) is 14.2. The standard InChI is InChI=1S/C14H18O4/c1-10(2)17-14(16)13(18-11(3)15)9-12-7-5-4-6-8-12/h4-8,10,13H,9H2,1-3H3/t13-/m0/s1. The fraction of sp³-hybridized carbons (Fsp3) is 0.429. The van der Waals surface area contributed by atoms with Crippen LogP contribution in [0.4, 0.5) is 0 Å². The third-order valence-electron chi connectivity index (χ3n) is 2.19. The van der Waals surface area contributed by atoms with E-state index in [1.807, 2.05) is 30.3 Å². The van der Waals surface area contributed by atoms with E-state index < -0.39 is 18.0 Å². The Labute approximate surface area is 107 Å². The molecule has 4 nitrogen and oxygen atoms in total. The molecule has 0 saturated heterocycles. The maximum Gasteiger partial charge on any atom is 0.348 e. The molecule has 4 heteroatoms. The zero-order valence-corrected chi connectivity index (χ0v) is 10.9. The minimum Gasteiger partial charge on any atom is -0.460 e. The van der Waals surface area contributed by atoms with Gasteiger partial charge in [0.25, 0.3) is 0 Å².